The van der Waals surface area contributed by atoms with Crippen molar-refractivity contribution in [2.24, 2.45) is 0 Å². The van der Waals surface area contributed by atoms with Crippen LogP contribution in [0.4, 0.5) is 0 Å². The van der Waals surface area contributed by atoms with Crippen LogP contribution in [0, 0.1) is 0 Å². The summed E-state index contributed by atoms with van der Waals surface area (Å²) in [7, 11) is 1.66. The molecule has 1 amide bonds. The highest BCUT2D eigenvalue weighted by Gasteiger charge is 2.27. The number of hydrogen-bond donors (Lipinski definition) is 0. The Morgan fingerprint density at radius 3 is 2.62 bits per heavy atom. The first-order valence-corrected chi connectivity index (χ1v) is 8.68. The molecule has 1 unspecified atom stereocenters. The molecule has 0 saturated carbocycles. The number of carbonyl (C=O) groups excluding carboxylic acids is 1. The van der Waals surface area contributed by atoms with E-state index in [1.54, 1.807) is 19.2 Å². The Hall–Kier alpha value is -1.71. The van der Waals surface area contributed by atoms with Crippen molar-refractivity contribution in [3.8, 4) is 5.75 Å². The topological polar surface area (TPSA) is 29.5 Å². The molecular weight excluding hydrogens is 345 g/mol. The van der Waals surface area contributed by atoms with E-state index in [0.717, 1.165) is 30.8 Å². The van der Waals surface area contributed by atoms with Gasteiger partial charge in [0.25, 0.3) is 0 Å². The molecule has 5 heteroatoms. The fourth-order valence-corrected chi connectivity index (χ4v) is 3.55. The third-order valence-corrected chi connectivity index (χ3v) is 5.07. The highest BCUT2D eigenvalue weighted by Crippen LogP contribution is 2.29. The van der Waals surface area contributed by atoms with Gasteiger partial charge in [0.1, 0.15) is 5.75 Å². The molecule has 2 aromatic carbocycles. The molecular formula is C19H19Cl2NO2. The number of carbonyl (C=O) groups is 1. The van der Waals surface area contributed by atoms with Crippen molar-refractivity contribution >= 4 is 29.1 Å². The number of benzene rings is 2. The number of likely N-dealkylation sites (tertiary alicyclic amines) is 1. The maximum Gasteiger partial charge on any atom is 0.227 e. The summed E-state index contributed by atoms with van der Waals surface area (Å²) >= 11 is 12.1. The van der Waals surface area contributed by atoms with Crippen molar-refractivity contribution in [2.45, 2.75) is 18.8 Å². The summed E-state index contributed by atoms with van der Waals surface area (Å²) in [6.45, 7) is 1.52. The molecule has 0 aliphatic carbocycles. The standard InChI is InChI=1S/C19H19Cl2NO2/c1-24-17-6-3-13(4-7-17)15-8-9-22(12-15)19(23)10-14-2-5-16(20)11-18(14)21/h2-7,11,15H,8-10,12H2,1H3. The highest BCUT2D eigenvalue weighted by atomic mass is 35.5. The second-order valence-corrected chi connectivity index (χ2v) is 6.85. The van der Waals surface area contributed by atoms with E-state index < -0.39 is 0 Å². The molecule has 3 nitrogen and oxygen atoms in total. The van der Waals surface area contributed by atoms with Crippen molar-refractivity contribution in [1.82, 2.24) is 4.90 Å². The van der Waals surface area contributed by atoms with E-state index in [-0.39, 0.29) is 5.91 Å². The second-order valence-electron chi connectivity index (χ2n) is 6.01. The van der Waals surface area contributed by atoms with Gasteiger partial charge in [0.2, 0.25) is 5.91 Å². The minimum Gasteiger partial charge on any atom is -0.497 e. The molecule has 1 saturated heterocycles. The zero-order chi connectivity index (χ0) is 17.1. The molecule has 1 aliphatic rings. The van der Waals surface area contributed by atoms with Crippen molar-refractivity contribution in [2.75, 3.05) is 20.2 Å². The van der Waals surface area contributed by atoms with E-state index in [1.807, 2.05) is 23.1 Å². The second kappa shape index (κ2) is 7.45. The van der Waals surface area contributed by atoms with Crippen LogP contribution in [0.2, 0.25) is 10.0 Å². The molecule has 1 aliphatic heterocycles. The Labute approximate surface area is 152 Å². The molecule has 0 bridgehead atoms. The van der Waals surface area contributed by atoms with Crippen LogP contribution in [-0.4, -0.2) is 31.0 Å². The lowest BCUT2D eigenvalue weighted by Gasteiger charge is -2.17. The number of rotatable bonds is 4. The average molecular weight is 364 g/mol. The van der Waals surface area contributed by atoms with Gasteiger partial charge in [-0.3, -0.25) is 4.79 Å². The summed E-state index contributed by atoms with van der Waals surface area (Å²) in [6.07, 6.45) is 1.29. The highest BCUT2D eigenvalue weighted by molar-refractivity contribution is 6.35. The number of amides is 1. The Morgan fingerprint density at radius 1 is 1.21 bits per heavy atom. The first kappa shape index (κ1) is 17.1. The number of ether oxygens (including phenoxy) is 1. The minimum absolute atomic E-state index is 0.107. The molecule has 1 fully saturated rings. The average Bonchev–Trinajstić information content (AvgIpc) is 3.07. The van der Waals surface area contributed by atoms with Crippen molar-refractivity contribution in [1.29, 1.82) is 0 Å². The van der Waals surface area contributed by atoms with Gasteiger partial charge in [-0.1, -0.05) is 41.4 Å². The van der Waals surface area contributed by atoms with Gasteiger partial charge in [-0.15, -0.1) is 0 Å². The fourth-order valence-electron chi connectivity index (χ4n) is 3.07. The lowest BCUT2D eigenvalue weighted by atomic mass is 9.98. The number of hydrogen-bond acceptors (Lipinski definition) is 2. The maximum atomic E-state index is 12.5. The van der Waals surface area contributed by atoms with Crippen LogP contribution in [0.1, 0.15) is 23.5 Å². The van der Waals surface area contributed by atoms with Crippen LogP contribution < -0.4 is 4.74 Å². The minimum atomic E-state index is 0.107. The van der Waals surface area contributed by atoms with E-state index in [9.17, 15) is 4.79 Å². The molecule has 1 atom stereocenters. The van der Waals surface area contributed by atoms with Crippen LogP contribution in [0.3, 0.4) is 0 Å². The molecule has 0 radical (unpaired) electrons. The molecule has 2 aromatic rings. The van der Waals surface area contributed by atoms with Crippen molar-refractivity contribution in [3.63, 3.8) is 0 Å². The van der Waals surface area contributed by atoms with Crippen LogP contribution in [0.15, 0.2) is 42.5 Å². The van der Waals surface area contributed by atoms with Crippen LogP contribution in [0.5, 0.6) is 5.75 Å². The summed E-state index contributed by atoms with van der Waals surface area (Å²) in [5.74, 6) is 1.33. The summed E-state index contributed by atoms with van der Waals surface area (Å²) in [6, 6.07) is 13.3. The van der Waals surface area contributed by atoms with Gasteiger partial charge in [0.05, 0.1) is 13.5 Å². The van der Waals surface area contributed by atoms with Gasteiger partial charge in [-0.05, 0) is 41.8 Å². The van der Waals surface area contributed by atoms with Crippen LogP contribution >= 0.6 is 23.2 Å². The summed E-state index contributed by atoms with van der Waals surface area (Å²) in [4.78, 5) is 14.5. The first-order chi connectivity index (χ1) is 11.6. The molecule has 24 heavy (non-hydrogen) atoms. The zero-order valence-electron chi connectivity index (χ0n) is 13.5. The van der Waals surface area contributed by atoms with Crippen molar-refractivity contribution in [3.05, 3.63) is 63.6 Å². The Kier molecular flexibility index (Phi) is 5.32. The monoisotopic (exact) mass is 363 g/mol. The lowest BCUT2D eigenvalue weighted by molar-refractivity contribution is -0.129. The number of halogens is 2. The van der Waals surface area contributed by atoms with E-state index in [4.69, 9.17) is 27.9 Å². The summed E-state index contributed by atoms with van der Waals surface area (Å²) < 4.78 is 5.19. The van der Waals surface area contributed by atoms with Gasteiger partial charge in [0.15, 0.2) is 0 Å². The Bertz CT molecular complexity index is 731. The molecule has 0 N–H and O–H groups in total. The van der Waals surface area contributed by atoms with Crippen molar-refractivity contribution < 1.29 is 9.53 Å². The quantitative estimate of drug-likeness (QED) is 0.796. The van der Waals surface area contributed by atoms with E-state index in [1.165, 1.54) is 5.56 Å². The maximum absolute atomic E-state index is 12.5. The van der Waals surface area contributed by atoms with Gasteiger partial charge >= 0.3 is 0 Å². The molecule has 0 spiro atoms. The van der Waals surface area contributed by atoms with Crippen LogP contribution in [-0.2, 0) is 11.2 Å². The van der Waals surface area contributed by atoms with Crippen LogP contribution in [0.25, 0.3) is 0 Å². The number of nitrogens with zero attached hydrogens (tertiary/aromatic N) is 1. The largest absolute Gasteiger partial charge is 0.497 e. The Morgan fingerprint density at radius 2 is 1.96 bits per heavy atom. The van der Waals surface area contributed by atoms with Gasteiger partial charge in [0, 0.05) is 29.1 Å². The van der Waals surface area contributed by atoms with E-state index in [2.05, 4.69) is 12.1 Å². The lowest BCUT2D eigenvalue weighted by Crippen LogP contribution is -2.30. The predicted octanol–water partition coefficient (Wildman–Crippen LogP) is 4.56. The number of methoxy groups -OCH3 is 1. The predicted molar refractivity (Wildman–Crippen MR) is 97.1 cm³/mol. The smallest absolute Gasteiger partial charge is 0.227 e. The molecule has 1 heterocycles. The van der Waals surface area contributed by atoms with Gasteiger partial charge in [-0.25, -0.2) is 0 Å². The SMILES string of the molecule is COc1ccc(C2CCN(C(=O)Cc3ccc(Cl)cc3Cl)C2)cc1. The van der Waals surface area contributed by atoms with Gasteiger partial charge < -0.3 is 9.64 Å². The van der Waals surface area contributed by atoms with E-state index >= 15 is 0 Å². The molecule has 3 rings (SSSR count). The Balaban J connectivity index is 1.63. The zero-order valence-corrected chi connectivity index (χ0v) is 15.0. The normalized spacial score (nSPS) is 17.1. The first-order valence-electron chi connectivity index (χ1n) is 7.92. The molecule has 0 aromatic heterocycles. The summed E-state index contributed by atoms with van der Waals surface area (Å²) in [5, 5.41) is 1.12. The molecule has 126 valence electrons. The van der Waals surface area contributed by atoms with E-state index in [0.29, 0.717) is 22.4 Å². The fraction of sp³-hybridized carbons (Fsp3) is 0.316. The third-order valence-electron chi connectivity index (χ3n) is 4.48. The third kappa shape index (κ3) is 3.85. The van der Waals surface area contributed by atoms with Gasteiger partial charge in [-0.2, -0.15) is 0 Å². The summed E-state index contributed by atoms with van der Waals surface area (Å²) in [5.41, 5.74) is 2.06.